The van der Waals surface area contributed by atoms with Gasteiger partial charge in [0, 0.05) is 17.6 Å². The lowest BCUT2D eigenvalue weighted by Crippen LogP contribution is -2.33. The van der Waals surface area contributed by atoms with Crippen LogP contribution < -0.4 is 11.1 Å². The molecule has 1 aromatic carbocycles. The normalized spacial score (nSPS) is 11.5. The molecular formula is C19H27BrN4O4. The maximum atomic E-state index is 12.1. The summed E-state index contributed by atoms with van der Waals surface area (Å²) in [5, 5.41) is 2.74. The number of methoxy groups -OCH3 is 1. The molecule has 0 aliphatic rings. The fraction of sp³-hybridized carbons (Fsp3) is 0.526. The molecule has 1 aromatic heterocycles. The highest BCUT2D eigenvalue weighted by molar-refractivity contribution is 9.10. The fourth-order valence-corrected chi connectivity index (χ4v) is 3.27. The highest BCUT2D eigenvalue weighted by Gasteiger charge is 2.19. The van der Waals surface area contributed by atoms with Gasteiger partial charge in [0.2, 0.25) is 5.95 Å². The Kier molecular flexibility index (Phi) is 7.29. The van der Waals surface area contributed by atoms with Gasteiger partial charge >= 0.3 is 12.1 Å². The molecule has 154 valence electrons. The number of rotatable bonds is 7. The fourth-order valence-electron chi connectivity index (χ4n) is 2.82. The van der Waals surface area contributed by atoms with Crippen molar-refractivity contribution in [3.05, 3.63) is 22.2 Å². The lowest BCUT2D eigenvalue weighted by atomic mass is 10.1. The molecule has 0 saturated heterocycles. The van der Waals surface area contributed by atoms with Crippen LogP contribution >= 0.6 is 15.9 Å². The number of carbonyl (C=O) groups excluding carboxylic acids is 2. The summed E-state index contributed by atoms with van der Waals surface area (Å²) in [6.45, 7) is 6.63. The van der Waals surface area contributed by atoms with Crippen molar-refractivity contribution in [2.45, 2.75) is 52.2 Å². The molecule has 0 bridgehead atoms. The maximum Gasteiger partial charge on any atom is 0.407 e. The average molecular weight is 455 g/mol. The second-order valence-corrected chi connectivity index (χ2v) is 8.34. The number of nitrogens with zero attached hydrogens (tertiary/aromatic N) is 2. The van der Waals surface area contributed by atoms with E-state index < -0.39 is 17.7 Å². The van der Waals surface area contributed by atoms with Crippen molar-refractivity contribution in [2.24, 2.45) is 0 Å². The van der Waals surface area contributed by atoms with Crippen LogP contribution in [-0.4, -0.2) is 40.9 Å². The van der Waals surface area contributed by atoms with Crippen molar-refractivity contribution < 1.29 is 19.1 Å². The van der Waals surface area contributed by atoms with Gasteiger partial charge in [-0.05, 0) is 52.2 Å². The topological polar surface area (TPSA) is 108 Å². The van der Waals surface area contributed by atoms with Crippen LogP contribution in [0.15, 0.2) is 16.6 Å². The Balaban J connectivity index is 1.95. The van der Waals surface area contributed by atoms with Gasteiger partial charge in [-0.3, -0.25) is 0 Å². The smallest absolute Gasteiger partial charge is 0.407 e. The number of benzene rings is 1. The summed E-state index contributed by atoms with van der Waals surface area (Å²) in [6, 6.07) is 3.52. The number of halogens is 1. The van der Waals surface area contributed by atoms with Crippen molar-refractivity contribution in [3.63, 3.8) is 0 Å². The molecule has 0 atom stereocenters. The molecule has 0 fully saturated rings. The Hall–Kier alpha value is -2.29. The number of carbonyl (C=O) groups is 2. The number of esters is 1. The van der Waals surface area contributed by atoms with Crippen molar-refractivity contribution in [3.8, 4) is 0 Å². The number of alkyl carbamates (subject to hydrolysis) is 1. The number of amides is 1. The summed E-state index contributed by atoms with van der Waals surface area (Å²) >= 11 is 3.38. The van der Waals surface area contributed by atoms with Crippen molar-refractivity contribution >= 4 is 45.0 Å². The lowest BCUT2D eigenvalue weighted by molar-refractivity contribution is 0.0525. The van der Waals surface area contributed by atoms with E-state index in [4.69, 9.17) is 15.2 Å². The predicted molar refractivity (Wildman–Crippen MR) is 111 cm³/mol. The molecule has 28 heavy (non-hydrogen) atoms. The van der Waals surface area contributed by atoms with E-state index in [1.54, 1.807) is 6.07 Å². The first-order chi connectivity index (χ1) is 13.1. The van der Waals surface area contributed by atoms with E-state index in [-0.39, 0.29) is 0 Å². The molecule has 2 rings (SSSR count). The number of fused-ring (bicyclic) bond motifs is 1. The SMILES string of the molecule is COC(=O)c1cc(Br)cc2nc(N)n(CCCCCNC(=O)OC(C)(C)C)c12. The van der Waals surface area contributed by atoms with E-state index in [1.807, 2.05) is 31.4 Å². The monoisotopic (exact) mass is 454 g/mol. The third-order valence-corrected chi connectivity index (χ3v) is 4.43. The number of nitrogens with two attached hydrogens (primary N) is 1. The number of anilines is 1. The number of aryl methyl sites for hydroxylation is 1. The highest BCUT2D eigenvalue weighted by atomic mass is 79.9. The molecule has 0 spiro atoms. The zero-order valence-corrected chi connectivity index (χ0v) is 18.3. The third-order valence-electron chi connectivity index (χ3n) is 3.97. The first-order valence-electron chi connectivity index (χ1n) is 9.13. The minimum absolute atomic E-state index is 0.352. The second kappa shape index (κ2) is 9.27. The van der Waals surface area contributed by atoms with Crippen molar-refractivity contribution in [2.75, 3.05) is 19.4 Å². The average Bonchev–Trinajstić information content (AvgIpc) is 2.89. The zero-order chi connectivity index (χ0) is 20.9. The number of nitrogens with one attached hydrogen (secondary N) is 1. The maximum absolute atomic E-state index is 12.1. The highest BCUT2D eigenvalue weighted by Crippen LogP contribution is 2.27. The van der Waals surface area contributed by atoms with Gasteiger partial charge < -0.3 is 25.1 Å². The molecule has 0 radical (unpaired) electrons. The molecule has 2 aromatic rings. The minimum Gasteiger partial charge on any atom is -0.465 e. The Morgan fingerprint density at radius 1 is 1.25 bits per heavy atom. The van der Waals surface area contributed by atoms with Gasteiger partial charge in [-0.2, -0.15) is 0 Å². The third kappa shape index (κ3) is 5.85. The number of ether oxygens (including phenoxy) is 2. The van der Waals surface area contributed by atoms with Gasteiger partial charge in [-0.25, -0.2) is 14.6 Å². The second-order valence-electron chi connectivity index (χ2n) is 7.42. The van der Waals surface area contributed by atoms with Gasteiger partial charge in [0.15, 0.2) is 0 Å². The number of nitrogen functional groups attached to an aromatic ring is 1. The van der Waals surface area contributed by atoms with Crippen LogP contribution in [0.2, 0.25) is 0 Å². The van der Waals surface area contributed by atoms with E-state index in [9.17, 15) is 9.59 Å². The molecule has 9 heteroatoms. The Labute approximate surface area is 172 Å². The Bertz CT molecular complexity index is 858. The summed E-state index contributed by atoms with van der Waals surface area (Å²) in [7, 11) is 1.34. The van der Waals surface area contributed by atoms with Crippen LogP contribution in [0, 0.1) is 0 Å². The molecule has 1 heterocycles. The quantitative estimate of drug-likeness (QED) is 0.485. The summed E-state index contributed by atoms with van der Waals surface area (Å²) in [5.41, 5.74) is 7.28. The lowest BCUT2D eigenvalue weighted by Gasteiger charge is -2.19. The number of hydrogen-bond donors (Lipinski definition) is 2. The first kappa shape index (κ1) is 22.0. The summed E-state index contributed by atoms with van der Waals surface area (Å²) in [6.07, 6.45) is 2.09. The largest absolute Gasteiger partial charge is 0.465 e. The van der Waals surface area contributed by atoms with Crippen LogP contribution in [0.25, 0.3) is 11.0 Å². The Morgan fingerprint density at radius 3 is 2.61 bits per heavy atom. The zero-order valence-electron chi connectivity index (χ0n) is 16.7. The number of imidazole rings is 1. The van der Waals surface area contributed by atoms with Crippen LogP contribution in [0.1, 0.15) is 50.4 Å². The van der Waals surface area contributed by atoms with Crippen LogP contribution in [0.4, 0.5) is 10.7 Å². The van der Waals surface area contributed by atoms with E-state index >= 15 is 0 Å². The molecule has 8 nitrogen and oxygen atoms in total. The predicted octanol–water partition coefficient (Wildman–Crippen LogP) is 3.86. The molecule has 0 aliphatic carbocycles. The molecule has 0 aliphatic heterocycles. The number of hydrogen-bond acceptors (Lipinski definition) is 6. The molecular weight excluding hydrogens is 428 g/mol. The van der Waals surface area contributed by atoms with Gasteiger partial charge in [0.1, 0.15) is 5.60 Å². The molecule has 0 saturated carbocycles. The molecule has 1 amide bonds. The van der Waals surface area contributed by atoms with E-state index in [2.05, 4.69) is 26.2 Å². The van der Waals surface area contributed by atoms with Gasteiger partial charge in [-0.15, -0.1) is 0 Å². The number of unbranched alkanes of at least 4 members (excludes halogenated alkanes) is 2. The molecule has 0 unspecified atom stereocenters. The standard InChI is InChI=1S/C19H27BrN4O4/c1-19(2,3)28-18(26)22-8-6-5-7-9-24-15-13(16(25)27-4)10-12(20)11-14(15)23-17(24)21/h10-11H,5-9H2,1-4H3,(H2,21,23)(H,22,26). The Morgan fingerprint density at radius 2 is 1.96 bits per heavy atom. The van der Waals surface area contributed by atoms with Crippen molar-refractivity contribution in [1.29, 1.82) is 0 Å². The van der Waals surface area contributed by atoms with E-state index in [1.165, 1.54) is 7.11 Å². The van der Waals surface area contributed by atoms with Crippen LogP contribution in [0.3, 0.4) is 0 Å². The van der Waals surface area contributed by atoms with Crippen molar-refractivity contribution in [1.82, 2.24) is 14.9 Å². The van der Waals surface area contributed by atoms with Gasteiger partial charge in [0.05, 0.1) is 23.7 Å². The van der Waals surface area contributed by atoms with Crippen LogP contribution in [-0.2, 0) is 16.0 Å². The van der Waals surface area contributed by atoms with Gasteiger partial charge in [0.25, 0.3) is 0 Å². The molecule has 3 N–H and O–H groups in total. The minimum atomic E-state index is -0.504. The van der Waals surface area contributed by atoms with Gasteiger partial charge in [-0.1, -0.05) is 15.9 Å². The summed E-state index contributed by atoms with van der Waals surface area (Å²) < 4.78 is 12.6. The number of aromatic nitrogens is 2. The van der Waals surface area contributed by atoms with E-state index in [0.717, 1.165) is 23.7 Å². The van der Waals surface area contributed by atoms with E-state index in [0.29, 0.717) is 35.6 Å². The summed E-state index contributed by atoms with van der Waals surface area (Å²) in [4.78, 5) is 28.1. The first-order valence-corrected chi connectivity index (χ1v) is 9.92. The van der Waals surface area contributed by atoms with Crippen LogP contribution in [0.5, 0.6) is 0 Å². The summed E-state index contributed by atoms with van der Waals surface area (Å²) in [5.74, 6) is -0.0841.